The molecule has 0 unspecified atom stereocenters. The molecule has 1 atom stereocenters. The number of benzene rings is 2. The molecule has 4 aromatic rings. The number of rotatable bonds is 5. The van der Waals surface area contributed by atoms with E-state index in [4.69, 9.17) is 22.1 Å². The van der Waals surface area contributed by atoms with Crippen molar-refractivity contribution in [2.24, 2.45) is 5.41 Å². The van der Waals surface area contributed by atoms with E-state index in [1.54, 1.807) is 12.3 Å². The van der Waals surface area contributed by atoms with E-state index in [0.29, 0.717) is 28.9 Å². The Kier molecular flexibility index (Phi) is 6.64. The standard InChI is InChI=1S/C28H27ClN6O/c1-28(10-12-35(2)17-28)9-8-19-13-25-22(15-24(19)30)27(33-18-32-25)34-20-6-7-26(23(29)14-20)36-16-21-5-3-4-11-31-21/h3-7,11,13-15,18H,10,12,16-17,30H2,1-2H3,(H,32,33,34)/t28-/m0/s1. The van der Waals surface area contributed by atoms with Crippen LogP contribution in [-0.2, 0) is 6.61 Å². The molecule has 0 saturated carbocycles. The molecule has 182 valence electrons. The number of halogens is 1. The summed E-state index contributed by atoms with van der Waals surface area (Å²) in [6, 6.07) is 15.0. The number of hydrogen-bond acceptors (Lipinski definition) is 7. The van der Waals surface area contributed by atoms with Crippen LogP contribution in [0.2, 0.25) is 5.02 Å². The van der Waals surface area contributed by atoms with Gasteiger partial charge in [0.25, 0.3) is 0 Å². The van der Waals surface area contributed by atoms with E-state index in [9.17, 15) is 0 Å². The molecular formula is C28H27ClN6O. The molecule has 0 bridgehead atoms. The third-order valence-corrected chi connectivity index (χ3v) is 6.56. The van der Waals surface area contributed by atoms with Gasteiger partial charge in [0.2, 0.25) is 0 Å². The van der Waals surface area contributed by atoms with Crippen LogP contribution in [0, 0.1) is 17.3 Å². The lowest BCUT2D eigenvalue weighted by atomic mass is 9.90. The van der Waals surface area contributed by atoms with Crippen molar-refractivity contribution >= 4 is 39.7 Å². The summed E-state index contributed by atoms with van der Waals surface area (Å²) in [7, 11) is 2.12. The summed E-state index contributed by atoms with van der Waals surface area (Å²) in [5, 5.41) is 4.61. The molecule has 2 aromatic heterocycles. The Hall–Kier alpha value is -3.86. The first-order valence-corrected chi connectivity index (χ1v) is 12.1. The van der Waals surface area contributed by atoms with Gasteiger partial charge in [0.05, 0.1) is 16.2 Å². The van der Waals surface area contributed by atoms with Gasteiger partial charge in [0.1, 0.15) is 24.5 Å². The Labute approximate surface area is 215 Å². The highest BCUT2D eigenvalue weighted by atomic mass is 35.5. The Balaban J connectivity index is 1.35. The Bertz CT molecular complexity index is 1470. The van der Waals surface area contributed by atoms with Crippen molar-refractivity contribution in [3.8, 4) is 17.6 Å². The summed E-state index contributed by atoms with van der Waals surface area (Å²) in [6.07, 6.45) is 4.31. The van der Waals surface area contributed by atoms with E-state index >= 15 is 0 Å². The predicted molar refractivity (Wildman–Crippen MR) is 144 cm³/mol. The van der Waals surface area contributed by atoms with Crippen LogP contribution in [0.4, 0.5) is 17.2 Å². The number of nitrogens with two attached hydrogens (primary N) is 1. The third kappa shape index (κ3) is 5.35. The van der Waals surface area contributed by atoms with Crippen LogP contribution >= 0.6 is 11.6 Å². The molecule has 0 amide bonds. The maximum Gasteiger partial charge on any atom is 0.141 e. The Morgan fingerprint density at radius 2 is 2.06 bits per heavy atom. The Morgan fingerprint density at radius 3 is 2.81 bits per heavy atom. The molecule has 0 spiro atoms. The molecule has 2 aromatic carbocycles. The summed E-state index contributed by atoms with van der Waals surface area (Å²) in [4.78, 5) is 15.4. The van der Waals surface area contributed by atoms with Gasteiger partial charge in [-0.05, 0) is 69.4 Å². The lowest BCUT2D eigenvalue weighted by Crippen LogP contribution is -2.20. The maximum atomic E-state index is 6.48. The van der Waals surface area contributed by atoms with Crippen molar-refractivity contribution < 1.29 is 4.74 Å². The quantitative estimate of drug-likeness (QED) is 0.286. The highest BCUT2D eigenvalue weighted by Gasteiger charge is 2.29. The number of pyridine rings is 1. The second-order valence-electron chi connectivity index (χ2n) is 9.36. The Morgan fingerprint density at radius 1 is 1.17 bits per heavy atom. The van der Waals surface area contributed by atoms with E-state index in [0.717, 1.165) is 47.4 Å². The third-order valence-electron chi connectivity index (χ3n) is 6.27. The molecule has 3 N–H and O–H groups in total. The molecule has 1 aliphatic rings. The van der Waals surface area contributed by atoms with Gasteiger partial charge in [-0.3, -0.25) is 4.98 Å². The molecule has 1 fully saturated rings. The van der Waals surface area contributed by atoms with Gasteiger partial charge in [0.15, 0.2) is 0 Å². The van der Waals surface area contributed by atoms with Crippen LogP contribution in [0.1, 0.15) is 24.6 Å². The minimum Gasteiger partial charge on any atom is -0.486 e. The summed E-state index contributed by atoms with van der Waals surface area (Å²) in [5.74, 6) is 7.94. The number of nitrogens with one attached hydrogen (secondary N) is 1. The first-order valence-electron chi connectivity index (χ1n) is 11.7. The fourth-order valence-corrected chi connectivity index (χ4v) is 4.54. The number of hydrogen-bond donors (Lipinski definition) is 2. The topological polar surface area (TPSA) is 89.2 Å². The summed E-state index contributed by atoms with van der Waals surface area (Å²) < 4.78 is 5.82. The number of nitrogens with zero attached hydrogens (tertiary/aromatic N) is 4. The molecule has 0 aliphatic carbocycles. The van der Waals surface area contributed by atoms with E-state index in [-0.39, 0.29) is 5.41 Å². The monoisotopic (exact) mass is 498 g/mol. The fraction of sp³-hybridized carbons (Fsp3) is 0.250. The molecule has 36 heavy (non-hydrogen) atoms. The normalized spacial score (nSPS) is 17.5. The zero-order valence-corrected chi connectivity index (χ0v) is 21.0. The zero-order valence-electron chi connectivity index (χ0n) is 20.3. The van der Waals surface area contributed by atoms with Crippen LogP contribution in [-0.4, -0.2) is 40.0 Å². The van der Waals surface area contributed by atoms with Crippen molar-refractivity contribution in [2.45, 2.75) is 20.0 Å². The van der Waals surface area contributed by atoms with Gasteiger partial charge in [-0.2, -0.15) is 0 Å². The van der Waals surface area contributed by atoms with E-state index < -0.39 is 0 Å². The predicted octanol–water partition coefficient (Wildman–Crippen LogP) is 5.28. The smallest absolute Gasteiger partial charge is 0.141 e. The van der Waals surface area contributed by atoms with Gasteiger partial charge in [-0.25, -0.2) is 9.97 Å². The van der Waals surface area contributed by atoms with Gasteiger partial charge in [-0.15, -0.1) is 0 Å². The fourth-order valence-electron chi connectivity index (χ4n) is 4.31. The SMILES string of the molecule is CN1CC[C@](C)(C#Cc2cc3ncnc(Nc4ccc(OCc5ccccn5)c(Cl)c4)c3cc2N)C1. The van der Waals surface area contributed by atoms with E-state index in [1.807, 2.05) is 42.5 Å². The minimum atomic E-state index is -0.0265. The first-order chi connectivity index (χ1) is 17.4. The molecule has 5 rings (SSSR count). The number of likely N-dealkylation sites (tertiary alicyclic amines) is 1. The van der Waals surface area contributed by atoms with Gasteiger partial charge >= 0.3 is 0 Å². The zero-order chi connectivity index (χ0) is 25.1. The second kappa shape index (κ2) is 10.0. The van der Waals surface area contributed by atoms with E-state index in [1.165, 1.54) is 6.33 Å². The number of nitrogen functional groups attached to an aromatic ring is 1. The van der Waals surface area contributed by atoms with Gasteiger partial charge in [0, 0.05) is 40.5 Å². The number of anilines is 3. The lowest BCUT2D eigenvalue weighted by molar-refractivity contribution is 0.301. The maximum absolute atomic E-state index is 6.48. The lowest BCUT2D eigenvalue weighted by Gasteiger charge is -2.15. The second-order valence-corrected chi connectivity index (χ2v) is 9.76. The molecule has 8 heteroatoms. The van der Waals surface area contributed by atoms with Crippen molar-refractivity contribution in [3.05, 3.63) is 77.3 Å². The summed E-state index contributed by atoms with van der Waals surface area (Å²) in [5.41, 5.74) is 10.1. The van der Waals surface area contributed by atoms with Crippen molar-refractivity contribution in [3.63, 3.8) is 0 Å². The van der Waals surface area contributed by atoms with Gasteiger partial charge < -0.3 is 20.7 Å². The van der Waals surface area contributed by atoms with Crippen molar-refractivity contribution in [1.29, 1.82) is 0 Å². The first kappa shape index (κ1) is 23.9. The van der Waals surface area contributed by atoms with Crippen molar-refractivity contribution in [1.82, 2.24) is 19.9 Å². The highest BCUT2D eigenvalue weighted by molar-refractivity contribution is 6.32. The van der Waals surface area contributed by atoms with Crippen molar-refractivity contribution in [2.75, 3.05) is 31.2 Å². The number of fused-ring (bicyclic) bond motifs is 1. The average Bonchev–Trinajstić information content (AvgIpc) is 3.22. The molecular weight excluding hydrogens is 472 g/mol. The van der Waals surface area contributed by atoms with Crippen LogP contribution in [0.25, 0.3) is 10.9 Å². The van der Waals surface area contributed by atoms with Crippen LogP contribution in [0.5, 0.6) is 5.75 Å². The van der Waals surface area contributed by atoms with E-state index in [2.05, 4.69) is 51.0 Å². The molecule has 1 saturated heterocycles. The highest BCUT2D eigenvalue weighted by Crippen LogP contribution is 2.32. The molecule has 3 heterocycles. The number of ether oxygens (including phenoxy) is 1. The average molecular weight is 499 g/mol. The number of aromatic nitrogens is 3. The van der Waals surface area contributed by atoms with Crippen LogP contribution in [0.3, 0.4) is 0 Å². The van der Waals surface area contributed by atoms with Crippen LogP contribution in [0.15, 0.2) is 61.1 Å². The summed E-state index contributed by atoms with van der Waals surface area (Å²) >= 11 is 6.48. The largest absolute Gasteiger partial charge is 0.486 e. The molecule has 7 nitrogen and oxygen atoms in total. The van der Waals surface area contributed by atoms with Crippen LogP contribution < -0.4 is 15.8 Å². The summed E-state index contributed by atoms with van der Waals surface area (Å²) in [6.45, 7) is 4.55. The molecule has 0 radical (unpaired) electrons. The minimum absolute atomic E-state index is 0.0265. The van der Waals surface area contributed by atoms with Gasteiger partial charge in [-0.1, -0.05) is 29.5 Å². The molecule has 1 aliphatic heterocycles.